The molecular formula is C8H5F4NaO6S. The van der Waals surface area contributed by atoms with E-state index in [-0.39, 0.29) is 29.6 Å². The van der Waals surface area contributed by atoms with Crippen molar-refractivity contribution in [3.05, 3.63) is 18.2 Å². The maximum atomic E-state index is 12.9. The number of hydrogen-bond acceptors (Lipinski definition) is 6. The van der Waals surface area contributed by atoms with Gasteiger partial charge in [-0.1, -0.05) is 0 Å². The molecule has 0 aromatic heterocycles. The molecule has 0 heterocycles. The van der Waals surface area contributed by atoms with Gasteiger partial charge in [0.25, 0.3) is 0 Å². The van der Waals surface area contributed by atoms with Crippen LogP contribution in [0.15, 0.2) is 18.2 Å². The maximum Gasteiger partial charge on any atom is 1.00 e. The van der Waals surface area contributed by atoms with E-state index in [1.165, 1.54) is 0 Å². The topological polar surface area (TPSA) is 107 Å². The molecule has 0 radical (unpaired) electrons. The van der Waals surface area contributed by atoms with Crippen LogP contribution in [0.2, 0.25) is 0 Å². The summed E-state index contributed by atoms with van der Waals surface area (Å²) < 4.78 is 84.8. The van der Waals surface area contributed by atoms with Crippen LogP contribution in [-0.4, -0.2) is 34.5 Å². The van der Waals surface area contributed by atoms with Gasteiger partial charge in [0.1, 0.15) is 17.2 Å². The van der Waals surface area contributed by atoms with Crippen molar-refractivity contribution in [1.82, 2.24) is 0 Å². The second-order valence-electron chi connectivity index (χ2n) is 3.27. The van der Waals surface area contributed by atoms with Gasteiger partial charge in [0.15, 0.2) is 10.1 Å². The Bertz CT molecular complexity index is 570. The Balaban J connectivity index is 0.00000361. The zero-order valence-electron chi connectivity index (χ0n) is 9.68. The van der Waals surface area contributed by atoms with Gasteiger partial charge in [-0.15, -0.1) is 0 Å². The van der Waals surface area contributed by atoms with Crippen LogP contribution in [0.3, 0.4) is 0 Å². The van der Waals surface area contributed by atoms with Gasteiger partial charge in [0.05, 0.1) is 0 Å². The Labute approximate surface area is 132 Å². The van der Waals surface area contributed by atoms with Crippen molar-refractivity contribution < 1.29 is 75.0 Å². The largest absolute Gasteiger partial charge is 1.00 e. The van der Waals surface area contributed by atoms with E-state index < -0.39 is 38.7 Å². The average molecular weight is 328 g/mol. The van der Waals surface area contributed by atoms with Crippen LogP contribution in [0.4, 0.5) is 17.6 Å². The first-order valence-corrected chi connectivity index (χ1v) is 5.71. The van der Waals surface area contributed by atoms with Crippen LogP contribution in [0.5, 0.6) is 17.2 Å². The molecule has 0 unspecified atom stereocenters. The minimum atomic E-state index is -6.68. The summed E-state index contributed by atoms with van der Waals surface area (Å²) in [5.74, 6) is -2.77. The molecule has 0 spiro atoms. The van der Waals surface area contributed by atoms with E-state index in [0.717, 1.165) is 0 Å². The van der Waals surface area contributed by atoms with Gasteiger partial charge in [0, 0.05) is 18.2 Å². The molecule has 0 saturated carbocycles. The first-order chi connectivity index (χ1) is 8.37. The predicted octanol–water partition coefficient (Wildman–Crippen LogP) is -1.79. The van der Waals surface area contributed by atoms with E-state index in [4.69, 9.17) is 10.2 Å². The molecule has 2 N–H and O–H groups in total. The molecule has 1 aromatic rings. The van der Waals surface area contributed by atoms with Crippen molar-refractivity contribution in [2.45, 2.75) is 11.4 Å². The van der Waals surface area contributed by atoms with Crippen LogP contribution < -0.4 is 34.3 Å². The summed E-state index contributed by atoms with van der Waals surface area (Å²) in [7, 11) is -6.68. The van der Waals surface area contributed by atoms with Crippen molar-refractivity contribution in [2.24, 2.45) is 0 Å². The minimum Gasteiger partial charge on any atom is -0.743 e. The van der Waals surface area contributed by atoms with Crippen LogP contribution in [0, 0.1) is 0 Å². The van der Waals surface area contributed by atoms with Crippen LogP contribution >= 0.6 is 0 Å². The van der Waals surface area contributed by atoms with Gasteiger partial charge in [-0.25, -0.2) is 8.42 Å². The van der Waals surface area contributed by atoms with Crippen molar-refractivity contribution >= 4 is 10.1 Å². The molecule has 0 aliphatic heterocycles. The molecule has 1 rings (SSSR count). The molecule has 0 fully saturated rings. The van der Waals surface area contributed by atoms with E-state index in [2.05, 4.69) is 4.74 Å². The number of alkyl halides is 4. The Morgan fingerprint density at radius 3 is 1.80 bits per heavy atom. The van der Waals surface area contributed by atoms with Crippen molar-refractivity contribution in [3.63, 3.8) is 0 Å². The van der Waals surface area contributed by atoms with Gasteiger partial charge in [0.2, 0.25) is 0 Å². The van der Waals surface area contributed by atoms with Crippen molar-refractivity contribution in [1.29, 1.82) is 0 Å². The Hall–Kier alpha value is -0.750. The first kappa shape index (κ1) is 19.2. The summed E-state index contributed by atoms with van der Waals surface area (Å²) in [5, 5.41) is 11.8. The number of phenolic OH excluding ortho intramolecular Hbond substituents is 2. The van der Waals surface area contributed by atoms with E-state index in [0.29, 0.717) is 18.2 Å². The average Bonchev–Trinajstić information content (AvgIpc) is 2.12. The Morgan fingerprint density at radius 1 is 1.05 bits per heavy atom. The number of ether oxygens (including phenoxy) is 1. The fourth-order valence-electron chi connectivity index (χ4n) is 0.980. The summed E-state index contributed by atoms with van der Waals surface area (Å²) in [6.07, 6.45) is -5.69. The second-order valence-corrected chi connectivity index (χ2v) is 4.70. The van der Waals surface area contributed by atoms with E-state index >= 15 is 0 Å². The molecule has 12 heteroatoms. The third kappa shape index (κ3) is 3.88. The van der Waals surface area contributed by atoms with Crippen LogP contribution in [0.1, 0.15) is 0 Å². The molecule has 1 aromatic carbocycles. The van der Waals surface area contributed by atoms with E-state index in [1.807, 2.05) is 0 Å². The zero-order chi connectivity index (χ0) is 15.1. The monoisotopic (exact) mass is 328 g/mol. The van der Waals surface area contributed by atoms with Crippen LogP contribution in [0.25, 0.3) is 0 Å². The molecule has 0 aliphatic carbocycles. The van der Waals surface area contributed by atoms with Gasteiger partial charge >= 0.3 is 40.9 Å². The number of rotatable bonds is 4. The van der Waals surface area contributed by atoms with Gasteiger partial charge in [-0.3, -0.25) is 0 Å². The number of halogens is 4. The molecule has 0 amide bonds. The second kappa shape index (κ2) is 5.93. The Kier molecular flexibility index (Phi) is 5.71. The van der Waals surface area contributed by atoms with E-state index in [9.17, 15) is 30.5 Å². The molecule has 20 heavy (non-hydrogen) atoms. The van der Waals surface area contributed by atoms with Gasteiger partial charge < -0.3 is 19.5 Å². The SMILES string of the molecule is O=S(=O)([O-])C(F)(F)C(F)(F)Oc1cc(O)cc(O)c1.[Na+]. The van der Waals surface area contributed by atoms with Crippen LogP contribution in [-0.2, 0) is 10.1 Å². The molecular weight excluding hydrogens is 323 g/mol. The predicted molar refractivity (Wildman–Crippen MR) is 50.0 cm³/mol. The molecule has 0 aliphatic rings. The van der Waals surface area contributed by atoms with Gasteiger partial charge in [-0.2, -0.15) is 17.6 Å². The molecule has 108 valence electrons. The summed E-state index contributed by atoms with van der Waals surface area (Å²) in [6.45, 7) is 0. The molecule has 0 atom stereocenters. The van der Waals surface area contributed by atoms with Gasteiger partial charge in [-0.05, 0) is 0 Å². The number of aromatic hydroxyl groups is 2. The minimum absolute atomic E-state index is 0. The molecule has 0 saturated heterocycles. The van der Waals surface area contributed by atoms with Crippen molar-refractivity contribution in [3.8, 4) is 17.2 Å². The normalized spacial score (nSPS) is 12.7. The number of benzene rings is 1. The zero-order valence-corrected chi connectivity index (χ0v) is 12.5. The fraction of sp³-hybridized carbons (Fsp3) is 0.250. The summed E-state index contributed by atoms with van der Waals surface area (Å²) in [5.41, 5.74) is 0. The quantitative estimate of drug-likeness (QED) is 0.384. The number of phenols is 2. The molecule has 6 nitrogen and oxygen atoms in total. The third-order valence-electron chi connectivity index (χ3n) is 1.77. The van der Waals surface area contributed by atoms with Crippen molar-refractivity contribution in [2.75, 3.05) is 0 Å². The standard InChI is InChI=1S/C8H6F4O6S.Na/c9-7(10,8(11,12)19(15,16)17)18-6-2-4(13)1-5(14)3-6;/h1-3,13-14H,(H,15,16,17);/q;+1/p-1. The summed E-state index contributed by atoms with van der Waals surface area (Å²) in [4.78, 5) is 0. The van der Waals surface area contributed by atoms with E-state index in [1.54, 1.807) is 0 Å². The molecule has 0 bridgehead atoms. The summed E-state index contributed by atoms with van der Waals surface area (Å²) >= 11 is 0. The Morgan fingerprint density at radius 2 is 1.45 bits per heavy atom. The fourth-order valence-corrected chi connectivity index (χ4v) is 1.31. The third-order valence-corrected chi connectivity index (χ3v) is 2.64. The summed E-state index contributed by atoms with van der Waals surface area (Å²) in [6, 6.07) is 1.48. The number of hydrogen-bond donors (Lipinski definition) is 2. The first-order valence-electron chi connectivity index (χ1n) is 4.30. The maximum absolute atomic E-state index is 12.9. The smallest absolute Gasteiger partial charge is 0.743 e.